The topological polar surface area (TPSA) is 79.6 Å². The van der Waals surface area contributed by atoms with Crippen molar-refractivity contribution in [1.82, 2.24) is 20.3 Å². The maximum Gasteiger partial charge on any atom is 0.179 e. The van der Waals surface area contributed by atoms with Crippen molar-refractivity contribution in [2.75, 3.05) is 23.8 Å². The molecule has 4 N–H and O–H groups in total. The van der Waals surface area contributed by atoms with Crippen LogP contribution in [0.25, 0.3) is 11.2 Å². The second-order valence-corrected chi connectivity index (χ2v) is 4.96. The molecular weight excluding hydrogens is 222 g/mol. The fourth-order valence-corrected chi connectivity index (χ4v) is 2.77. The number of nitrogens with one attached hydrogen (secondary N) is 2. The molecule has 6 heteroatoms. The summed E-state index contributed by atoms with van der Waals surface area (Å²) in [6, 6.07) is 4.01. The number of pyridine rings is 1. The van der Waals surface area contributed by atoms with Crippen molar-refractivity contribution in [2.24, 2.45) is 0 Å². The summed E-state index contributed by atoms with van der Waals surface area (Å²) in [7, 11) is 0. The minimum atomic E-state index is 0.300. The number of hydrogen-bond acceptors (Lipinski definition) is 5. The number of fused-ring (bicyclic) bond motifs is 1. The van der Waals surface area contributed by atoms with Crippen LogP contribution in [0.15, 0.2) is 12.1 Å². The van der Waals surface area contributed by atoms with Gasteiger partial charge < -0.3 is 16.0 Å². The van der Waals surface area contributed by atoms with E-state index in [9.17, 15) is 0 Å². The lowest BCUT2D eigenvalue weighted by molar-refractivity contribution is 0.570. The molecule has 0 spiro atoms. The molecule has 1 aliphatic heterocycles. The van der Waals surface area contributed by atoms with E-state index in [4.69, 9.17) is 5.73 Å². The van der Waals surface area contributed by atoms with Gasteiger partial charge in [-0.05, 0) is 12.1 Å². The number of nitrogen functional groups attached to an aromatic ring is 1. The van der Waals surface area contributed by atoms with E-state index in [1.807, 2.05) is 17.8 Å². The van der Waals surface area contributed by atoms with Crippen LogP contribution >= 0.6 is 11.8 Å². The van der Waals surface area contributed by atoms with E-state index in [1.54, 1.807) is 6.07 Å². The van der Waals surface area contributed by atoms with Crippen LogP contribution < -0.4 is 11.1 Å². The SMILES string of the molecule is Nc1ccc2[nH]c(C3CSCCN3)nc2n1. The third-order valence-electron chi connectivity index (χ3n) is 2.64. The number of rotatable bonds is 1. The third kappa shape index (κ3) is 1.74. The second-order valence-electron chi connectivity index (χ2n) is 3.81. The summed E-state index contributed by atoms with van der Waals surface area (Å²) in [4.78, 5) is 12.0. The Morgan fingerprint density at radius 2 is 2.31 bits per heavy atom. The average molecular weight is 235 g/mol. The van der Waals surface area contributed by atoms with Crippen LogP contribution in [0.5, 0.6) is 0 Å². The quantitative estimate of drug-likeness (QED) is 0.685. The fraction of sp³-hybridized carbons (Fsp3) is 0.400. The minimum Gasteiger partial charge on any atom is -0.384 e. The first-order valence-electron chi connectivity index (χ1n) is 5.26. The van der Waals surface area contributed by atoms with Crippen molar-refractivity contribution in [2.45, 2.75) is 6.04 Å². The van der Waals surface area contributed by atoms with Crippen LogP contribution in [0.1, 0.15) is 11.9 Å². The number of imidazole rings is 1. The van der Waals surface area contributed by atoms with Gasteiger partial charge in [-0.25, -0.2) is 9.97 Å². The maximum absolute atomic E-state index is 5.63. The van der Waals surface area contributed by atoms with Gasteiger partial charge in [0, 0.05) is 18.1 Å². The molecule has 84 valence electrons. The van der Waals surface area contributed by atoms with Crippen molar-refractivity contribution in [1.29, 1.82) is 0 Å². The van der Waals surface area contributed by atoms with E-state index in [2.05, 4.69) is 20.3 Å². The van der Waals surface area contributed by atoms with Crippen LogP contribution in [-0.4, -0.2) is 33.0 Å². The highest BCUT2D eigenvalue weighted by atomic mass is 32.2. The molecular formula is C10H13N5S. The minimum absolute atomic E-state index is 0.300. The van der Waals surface area contributed by atoms with Gasteiger partial charge in [0.15, 0.2) is 5.65 Å². The highest BCUT2D eigenvalue weighted by molar-refractivity contribution is 7.99. The lowest BCUT2D eigenvalue weighted by Gasteiger charge is -2.20. The molecule has 3 rings (SSSR count). The maximum atomic E-state index is 5.63. The predicted molar refractivity (Wildman–Crippen MR) is 66.4 cm³/mol. The van der Waals surface area contributed by atoms with E-state index in [-0.39, 0.29) is 0 Å². The zero-order valence-electron chi connectivity index (χ0n) is 8.73. The molecule has 0 radical (unpaired) electrons. The van der Waals surface area contributed by atoms with Gasteiger partial charge in [-0.15, -0.1) is 0 Å². The van der Waals surface area contributed by atoms with Crippen molar-refractivity contribution < 1.29 is 0 Å². The molecule has 1 fully saturated rings. The number of thioether (sulfide) groups is 1. The highest BCUT2D eigenvalue weighted by Gasteiger charge is 2.18. The van der Waals surface area contributed by atoms with E-state index in [0.29, 0.717) is 17.5 Å². The van der Waals surface area contributed by atoms with E-state index >= 15 is 0 Å². The zero-order valence-corrected chi connectivity index (χ0v) is 9.55. The van der Waals surface area contributed by atoms with Crippen LogP contribution in [-0.2, 0) is 0 Å². The summed E-state index contributed by atoms with van der Waals surface area (Å²) in [5, 5.41) is 3.44. The van der Waals surface area contributed by atoms with Crippen LogP contribution in [0.2, 0.25) is 0 Å². The Labute approximate surface area is 97.2 Å². The number of aromatic nitrogens is 3. The number of nitrogens with two attached hydrogens (primary N) is 1. The number of H-pyrrole nitrogens is 1. The van der Waals surface area contributed by atoms with Gasteiger partial charge >= 0.3 is 0 Å². The van der Waals surface area contributed by atoms with Gasteiger partial charge in [-0.1, -0.05) is 0 Å². The van der Waals surface area contributed by atoms with Gasteiger partial charge in [0.25, 0.3) is 0 Å². The predicted octanol–water partition coefficient (Wildman–Crippen LogP) is 0.918. The van der Waals surface area contributed by atoms with Crippen LogP contribution in [0.3, 0.4) is 0 Å². The Morgan fingerprint density at radius 1 is 1.38 bits per heavy atom. The largest absolute Gasteiger partial charge is 0.384 e. The first-order valence-corrected chi connectivity index (χ1v) is 6.41. The van der Waals surface area contributed by atoms with Gasteiger partial charge in [-0.2, -0.15) is 11.8 Å². The smallest absolute Gasteiger partial charge is 0.179 e. The average Bonchev–Trinajstić information content (AvgIpc) is 2.73. The molecule has 0 saturated carbocycles. The molecule has 5 nitrogen and oxygen atoms in total. The number of hydrogen-bond donors (Lipinski definition) is 3. The Balaban J connectivity index is 1.97. The summed E-state index contributed by atoms with van der Waals surface area (Å²) >= 11 is 1.94. The first-order chi connectivity index (χ1) is 7.83. The monoisotopic (exact) mass is 235 g/mol. The third-order valence-corrected chi connectivity index (χ3v) is 3.70. The lowest BCUT2D eigenvalue weighted by atomic mass is 10.3. The molecule has 2 aromatic heterocycles. The Hall–Kier alpha value is -1.27. The number of anilines is 1. The zero-order chi connectivity index (χ0) is 11.0. The molecule has 16 heavy (non-hydrogen) atoms. The van der Waals surface area contributed by atoms with Gasteiger partial charge in [0.05, 0.1) is 11.6 Å². The number of aromatic amines is 1. The molecule has 3 heterocycles. The van der Waals surface area contributed by atoms with Crippen molar-refractivity contribution in [3.05, 3.63) is 18.0 Å². The normalized spacial score (nSPS) is 21.4. The number of nitrogens with zero attached hydrogens (tertiary/aromatic N) is 2. The fourth-order valence-electron chi connectivity index (χ4n) is 1.83. The van der Waals surface area contributed by atoms with Crippen molar-refractivity contribution in [3.8, 4) is 0 Å². The van der Waals surface area contributed by atoms with Crippen molar-refractivity contribution >= 4 is 28.7 Å². The first kappa shape index (κ1) is 9.92. The molecule has 1 unspecified atom stereocenters. The van der Waals surface area contributed by atoms with E-state index in [0.717, 1.165) is 23.6 Å². The molecule has 1 aliphatic rings. The molecule has 0 amide bonds. The summed E-state index contributed by atoms with van der Waals surface area (Å²) in [6.45, 7) is 1.03. The van der Waals surface area contributed by atoms with Crippen LogP contribution in [0, 0.1) is 0 Å². The van der Waals surface area contributed by atoms with Gasteiger partial charge in [-0.3, -0.25) is 0 Å². The van der Waals surface area contributed by atoms with E-state index in [1.165, 1.54) is 5.75 Å². The molecule has 1 atom stereocenters. The van der Waals surface area contributed by atoms with Crippen molar-refractivity contribution in [3.63, 3.8) is 0 Å². The Kier molecular flexibility index (Phi) is 2.45. The molecule has 0 aromatic carbocycles. The lowest BCUT2D eigenvalue weighted by Crippen LogP contribution is -2.30. The Bertz CT molecular complexity index is 503. The summed E-state index contributed by atoms with van der Waals surface area (Å²) < 4.78 is 0. The van der Waals surface area contributed by atoms with Crippen LogP contribution in [0.4, 0.5) is 5.82 Å². The Morgan fingerprint density at radius 3 is 3.12 bits per heavy atom. The highest BCUT2D eigenvalue weighted by Crippen LogP contribution is 2.21. The van der Waals surface area contributed by atoms with Gasteiger partial charge in [0.2, 0.25) is 0 Å². The van der Waals surface area contributed by atoms with Gasteiger partial charge in [0.1, 0.15) is 11.6 Å². The summed E-state index contributed by atoms with van der Waals surface area (Å²) in [5.74, 6) is 3.69. The summed E-state index contributed by atoms with van der Waals surface area (Å²) in [6.07, 6.45) is 0. The molecule has 2 aromatic rings. The molecule has 0 aliphatic carbocycles. The summed E-state index contributed by atoms with van der Waals surface area (Å²) in [5.41, 5.74) is 7.27. The standard InChI is InChI=1S/C10H13N5S/c11-8-2-1-6-9(14-8)15-10(13-6)7-5-16-4-3-12-7/h1-2,7,12H,3-5H2,(H3,11,13,14,15). The second kappa shape index (κ2) is 3.95. The van der Waals surface area contributed by atoms with E-state index < -0.39 is 0 Å². The molecule has 1 saturated heterocycles. The molecule has 0 bridgehead atoms.